The molecule has 0 fully saturated rings. The lowest BCUT2D eigenvalue weighted by molar-refractivity contribution is -0.142. The van der Waals surface area contributed by atoms with Crippen LogP contribution < -0.4 is 11.5 Å². The summed E-state index contributed by atoms with van der Waals surface area (Å²) in [5, 5.41) is 9.01. The SMILES string of the molecule is NC(=O)c1ccc2c(c1)CC(N)(C(=O)O)C2. The van der Waals surface area contributed by atoms with Gasteiger partial charge < -0.3 is 16.6 Å². The third-order valence-electron chi connectivity index (χ3n) is 2.93. The second-order valence-corrected chi connectivity index (χ2v) is 4.16. The molecule has 0 aromatic heterocycles. The van der Waals surface area contributed by atoms with Gasteiger partial charge in [0.15, 0.2) is 0 Å². The first-order valence-corrected chi connectivity index (χ1v) is 4.86. The van der Waals surface area contributed by atoms with Gasteiger partial charge in [0.05, 0.1) is 0 Å². The summed E-state index contributed by atoms with van der Waals surface area (Å²) >= 11 is 0. The molecule has 5 nitrogen and oxygen atoms in total. The van der Waals surface area contributed by atoms with Crippen LogP contribution in [0.4, 0.5) is 0 Å². The fourth-order valence-corrected chi connectivity index (χ4v) is 2.01. The van der Waals surface area contributed by atoms with Crippen LogP contribution >= 0.6 is 0 Å². The van der Waals surface area contributed by atoms with Gasteiger partial charge in [-0.05, 0) is 23.3 Å². The number of fused-ring (bicyclic) bond motifs is 1. The van der Waals surface area contributed by atoms with Crippen LogP contribution in [-0.4, -0.2) is 22.5 Å². The molecule has 2 rings (SSSR count). The maximum Gasteiger partial charge on any atom is 0.324 e. The van der Waals surface area contributed by atoms with Crippen molar-refractivity contribution in [3.05, 3.63) is 34.9 Å². The van der Waals surface area contributed by atoms with Crippen LogP contribution in [0.1, 0.15) is 21.5 Å². The van der Waals surface area contributed by atoms with Crippen LogP contribution in [0.3, 0.4) is 0 Å². The molecule has 5 N–H and O–H groups in total. The standard InChI is InChI=1S/C11H12N2O3/c12-9(14)6-1-2-7-4-11(13,10(15)16)5-8(7)3-6/h1-3H,4-5,13H2,(H2,12,14)(H,15,16). The highest BCUT2D eigenvalue weighted by Gasteiger charge is 2.40. The van der Waals surface area contributed by atoms with Gasteiger partial charge in [-0.25, -0.2) is 0 Å². The van der Waals surface area contributed by atoms with E-state index in [1.165, 1.54) is 0 Å². The van der Waals surface area contributed by atoms with Crippen molar-refractivity contribution in [1.29, 1.82) is 0 Å². The van der Waals surface area contributed by atoms with Crippen molar-refractivity contribution in [3.8, 4) is 0 Å². The van der Waals surface area contributed by atoms with E-state index in [1.54, 1.807) is 18.2 Å². The molecule has 0 saturated carbocycles. The first-order valence-electron chi connectivity index (χ1n) is 4.86. The van der Waals surface area contributed by atoms with Gasteiger partial charge in [-0.3, -0.25) is 9.59 Å². The molecule has 16 heavy (non-hydrogen) atoms. The smallest absolute Gasteiger partial charge is 0.324 e. The van der Waals surface area contributed by atoms with Crippen molar-refractivity contribution in [2.75, 3.05) is 0 Å². The molecule has 1 unspecified atom stereocenters. The summed E-state index contributed by atoms with van der Waals surface area (Å²) in [7, 11) is 0. The average molecular weight is 220 g/mol. The highest BCUT2D eigenvalue weighted by Crippen LogP contribution is 2.29. The lowest BCUT2D eigenvalue weighted by Gasteiger charge is -2.16. The Balaban J connectivity index is 2.38. The Morgan fingerprint density at radius 2 is 1.88 bits per heavy atom. The predicted molar refractivity (Wildman–Crippen MR) is 56.9 cm³/mol. The summed E-state index contributed by atoms with van der Waals surface area (Å²) in [6.45, 7) is 0. The summed E-state index contributed by atoms with van der Waals surface area (Å²) in [5.74, 6) is -1.54. The van der Waals surface area contributed by atoms with E-state index in [9.17, 15) is 9.59 Å². The number of nitrogens with two attached hydrogens (primary N) is 2. The number of carbonyl (C=O) groups excluding carboxylic acids is 1. The molecule has 0 radical (unpaired) electrons. The summed E-state index contributed by atoms with van der Waals surface area (Å²) in [6, 6.07) is 4.93. The van der Waals surface area contributed by atoms with Crippen molar-refractivity contribution >= 4 is 11.9 Å². The number of aliphatic carboxylic acids is 1. The zero-order valence-electron chi connectivity index (χ0n) is 8.56. The third-order valence-corrected chi connectivity index (χ3v) is 2.93. The van der Waals surface area contributed by atoms with Crippen molar-refractivity contribution in [1.82, 2.24) is 0 Å². The molecule has 1 aromatic rings. The van der Waals surface area contributed by atoms with E-state index in [0.717, 1.165) is 11.1 Å². The lowest BCUT2D eigenvalue weighted by Crippen LogP contribution is -2.48. The van der Waals surface area contributed by atoms with Gasteiger partial charge in [0.25, 0.3) is 0 Å². The van der Waals surface area contributed by atoms with E-state index in [0.29, 0.717) is 5.56 Å². The molecule has 1 aliphatic carbocycles. The Hall–Kier alpha value is -1.88. The van der Waals surface area contributed by atoms with Gasteiger partial charge in [-0.1, -0.05) is 6.07 Å². The van der Waals surface area contributed by atoms with Gasteiger partial charge >= 0.3 is 5.97 Å². The zero-order chi connectivity index (χ0) is 11.9. The molecular weight excluding hydrogens is 208 g/mol. The molecule has 1 aliphatic rings. The highest BCUT2D eigenvalue weighted by atomic mass is 16.4. The van der Waals surface area contributed by atoms with E-state index in [1.807, 2.05) is 0 Å². The van der Waals surface area contributed by atoms with Gasteiger partial charge in [-0.2, -0.15) is 0 Å². The van der Waals surface area contributed by atoms with Crippen LogP contribution in [0, 0.1) is 0 Å². The molecule has 0 bridgehead atoms. The summed E-state index contributed by atoms with van der Waals surface area (Å²) in [4.78, 5) is 22.0. The minimum absolute atomic E-state index is 0.235. The topological polar surface area (TPSA) is 106 Å². The van der Waals surface area contributed by atoms with Gasteiger partial charge in [0.1, 0.15) is 5.54 Å². The number of carboxylic acid groups (broad SMARTS) is 1. The number of rotatable bonds is 2. The normalized spacial score (nSPS) is 22.8. The van der Waals surface area contributed by atoms with Crippen LogP contribution in [0.5, 0.6) is 0 Å². The van der Waals surface area contributed by atoms with Crippen molar-refractivity contribution in [2.24, 2.45) is 11.5 Å². The zero-order valence-corrected chi connectivity index (χ0v) is 8.56. The second-order valence-electron chi connectivity index (χ2n) is 4.16. The quantitative estimate of drug-likeness (QED) is 0.634. The van der Waals surface area contributed by atoms with Crippen LogP contribution in [0.15, 0.2) is 18.2 Å². The molecule has 1 amide bonds. The molecule has 0 spiro atoms. The Bertz CT molecular complexity index is 484. The Kier molecular flexibility index (Phi) is 2.20. The van der Waals surface area contributed by atoms with Crippen LogP contribution in [-0.2, 0) is 17.6 Å². The number of hydrogen-bond donors (Lipinski definition) is 3. The van der Waals surface area contributed by atoms with E-state index in [4.69, 9.17) is 16.6 Å². The molecule has 84 valence electrons. The molecule has 5 heteroatoms. The number of primary amides is 1. The minimum Gasteiger partial charge on any atom is -0.480 e. The number of benzene rings is 1. The minimum atomic E-state index is -1.25. The Morgan fingerprint density at radius 1 is 1.25 bits per heavy atom. The fourth-order valence-electron chi connectivity index (χ4n) is 2.01. The third kappa shape index (κ3) is 1.55. The first kappa shape index (κ1) is 10.6. The van der Waals surface area contributed by atoms with E-state index in [2.05, 4.69) is 0 Å². The Morgan fingerprint density at radius 3 is 2.44 bits per heavy atom. The first-order chi connectivity index (χ1) is 7.42. The molecule has 0 aliphatic heterocycles. The number of amides is 1. The van der Waals surface area contributed by atoms with Crippen LogP contribution in [0.25, 0.3) is 0 Å². The van der Waals surface area contributed by atoms with E-state index < -0.39 is 17.4 Å². The van der Waals surface area contributed by atoms with Gasteiger partial charge in [0.2, 0.25) is 5.91 Å². The van der Waals surface area contributed by atoms with Gasteiger partial charge in [0, 0.05) is 18.4 Å². The second kappa shape index (κ2) is 3.31. The highest BCUT2D eigenvalue weighted by molar-refractivity contribution is 5.93. The Labute approximate surface area is 92.0 Å². The number of carbonyl (C=O) groups is 2. The maximum atomic E-state index is 11.0. The lowest BCUT2D eigenvalue weighted by atomic mass is 9.98. The molecular formula is C11H12N2O3. The van der Waals surface area contributed by atoms with E-state index in [-0.39, 0.29) is 12.8 Å². The predicted octanol–water partition coefficient (Wildman–Crippen LogP) is -0.334. The summed E-state index contributed by atoms with van der Waals surface area (Å²) < 4.78 is 0. The molecule has 0 saturated heterocycles. The van der Waals surface area contributed by atoms with Gasteiger partial charge in [-0.15, -0.1) is 0 Å². The largest absolute Gasteiger partial charge is 0.480 e. The molecule has 1 atom stereocenters. The molecule has 1 aromatic carbocycles. The average Bonchev–Trinajstić information content (AvgIpc) is 2.54. The maximum absolute atomic E-state index is 11.0. The number of hydrogen-bond acceptors (Lipinski definition) is 3. The summed E-state index contributed by atoms with van der Waals surface area (Å²) in [6.07, 6.45) is 0.523. The van der Waals surface area contributed by atoms with Crippen molar-refractivity contribution < 1.29 is 14.7 Å². The van der Waals surface area contributed by atoms with Crippen LogP contribution in [0.2, 0.25) is 0 Å². The fraction of sp³-hybridized carbons (Fsp3) is 0.273. The molecule has 0 heterocycles. The van der Waals surface area contributed by atoms with Crippen molar-refractivity contribution in [2.45, 2.75) is 18.4 Å². The summed E-state index contributed by atoms with van der Waals surface area (Å²) in [5.41, 5.74) is 11.7. The monoisotopic (exact) mass is 220 g/mol. The van der Waals surface area contributed by atoms with E-state index >= 15 is 0 Å². The number of carboxylic acids is 1. The van der Waals surface area contributed by atoms with Crippen molar-refractivity contribution in [3.63, 3.8) is 0 Å².